The highest BCUT2D eigenvalue weighted by Gasteiger charge is 2.55. The van der Waals surface area contributed by atoms with Crippen LogP contribution >= 0.6 is 0 Å². The second-order valence-corrected chi connectivity index (χ2v) is 8.51. The lowest BCUT2D eigenvalue weighted by Gasteiger charge is -2.47. The molecule has 1 amide bonds. The summed E-state index contributed by atoms with van der Waals surface area (Å²) in [6, 6.07) is 1.25. The van der Waals surface area contributed by atoms with Crippen LogP contribution in [0.25, 0.3) is 0 Å². The molecule has 7 nitrogen and oxygen atoms in total. The first-order valence-corrected chi connectivity index (χ1v) is 10.2. The fourth-order valence-electron chi connectivity index (χ4n) is 4.04. The van der Waals surface area contributed by atoms with Crippen molar-refractivity contribution in [1.82, 2.24) is 14.6 Å². The molecule has 1 aromatic rings. The Morgan fingerprint density at radius 2 is 2.08 bits per heavy atom. The van der Waals surface area contributed by atoms with Crippen molar-refractivity contribution in [3.8, 4) is 0 Å². The van der Waals surface area contributed by atoms with Crippen LogP contribution < -0.4 is 10.0 Å². The van der Waals surface area contributed by atoms with Gasteiger partial charge in [-0.2, -0.15) is 0 Å². The molecular weight excluding hydrogens is 330 g/mol. The summed E-state index contributed by atoms with van der Waals surface area (Å²) < 4.78 is 33.5. The Bertz CT molecular complexity index is 756. The minimum atomic E-state index is -3.36. The number of fused-ring (bicyclic) bond motifs is 1. The van der Waals surface area contributed by atoms with E-state index in [-0.39, 0.29) is 24.0 Å². The first kappa shape index (κ1) is 17.4. The van der Waals surface area contributed by atoms with Crippen LogP contribution in [-0.2, 0) is 21.3 Å². The van der Waals surface area contributed by atoms with Gasteiger partial charge in [-0.1, -0.05) is 0 Å². The number of hydrogen-bond donors (Lipinski definition) is 2. The predicted molar refractivity (Wildman–Crippen MR) is 90.4 cm³/mol. The Morgan fingerprint density at radius 1 is 1.38 bits per heavy atom. The van der Waals surface area contributed by atoms with Crippen molar-refractivity contribution in [2.75, 3.05) is 12.9 Å². The second kappa shape index (κ2) is 6.16. The second-order valence-electron chi connectivity index (χ2n) is 6.73. The number of aryl methyl sites for hydroxylation is 1. The third-order valence-corrected chi connectivity index (χ3v) is 5.87. The maximum absolute atomic E-state index is 12.7. The maximum Gasteiger partial charge on any atom is 0.253 e. The molecule has 2 heterocycles. The van der Waals surface area contributed by atoms with Gasteiger partial charge in [0.05, 0.1) is 30.0 Å². The molecule has 0 aromatic carbocycles. The highest BCUT2D eigenvalue weighted by atomic mass is 32.2. The van der Waals surface area contributed by atoms with Gasteiger partial charge < -0.3 is 14.6 Å². The molecule has 0 spiro atoms. The maximum atomic E-state index is 12.7. The van der Waals surface area contributed by atoms with E-state index in [4.69, 9.17) is 4.74 Å². The van der Waals surface area contributed by atoms with Crippen LogP contribution in [-0.4, -0.2) is 49.9 Å². The molecule has 0 unspecified atom stereocenters. The fourth-order valence-corrected chi connectivity index (χ4v) is 4.81. The average Bonchev–Trinajstić information content (AvgIpc) is 3.03. The van der Waals surface area contributed by atoms with Crippen LogP contribution in [0.2, 0.25) is 0 Å². The summed E-state index contributed by atoms with van der Waals surface area (Å²) in [4.78, 5) is 12.7. The molecule has 1 aliphatic heterocycles. The molecule has 1 saturated carbocycles. The van der Waals surface area contributed by atoms with E-state index in [2.05, 4.69) is 14.6 Å². The molecule has 3 rings (SSSR count). The molecule has 2 fully saturated rings. The van der Waals surface area contributed by atoms with E-state index < -0.39 is 16.1 Å². The number of carbonyl (C=O) groups excluding carboxylic acids is 1. The normalized spacial score (nSPS) is 29.2. The zero-order valence-corrected chi connectivity index (χ0v) is 15.3. The number of nitrogens with zero attached hydrogens (tertiary/aromatic N) is 1. The molecule has 0 bridgehead atoms. The highest BCUT2D eigenvalue weighted by Crippen LogP contribution is 2.39. The third-order valence-electron chi connectivity index (χ3n) is 5.17. The van der Waals surface area contributed by atoms with Crippen molar-refractivity contribution < 1.29 is 17.9 Å². The summed E-state index contributed by atoms with van der Waals surface area (Å²) in [5.41, 5.74) is 2.62. The molecule has 1 saturated heterocycles. The van der Waals surface area contributed by atoms with Gasteiger partial charge in [-0.15, -0.1) is 0 Å². The van der Waals surface area contributed by atoms with Crippen molar-refractivity contribution in [1.29, 1.82) is 0 Å². The highest BCUT2D eigenvalue weighted by molar-refractivity contribution is 7.88. The Kier molecular flexibility index (Phi) is 4.48. The van der Waals surface area contributed by atoms with E-state index in [1.807, 2.05) is 26.8 Å². The summed E-state index contributed by atoms with van der Waals surface area (Å²) in [5.74, 6) is 0.0151. The summed E-state index contributed by atoms with van der Waals surface area (Å²) in [6.07, 6.45) is 1.82. The zero-order chi connectivity index (χ0) is 17.6. The van der Waals surface area contributed by atoms with E-state index in [9.17, 15) is 13.2 Å². The lowest BCUT2D eigenvalue weighted by Crippen LogP contribution is -2.70. The van der Waals surface area contributed by atoms with E-state index in [1.165, 1.54) is 0 Å². The van der Waals surface area contributed by atoms with Gasteiger partial charge in [0.1, 0.15) is 0 Å². The Labute approximate surface area is 142 Å². The van der Waals surface area contributed by atoms with E-state index >= 15 is 0 Å². The smallest absolute Gasteiger partial charge is 0.253 e. The topological polar surface area (TPSA) is 89.4 Å². The van der Waals surface area contributed by atoms with E-state index in [1.54, 1.807) is 0 Å². The first-order chi connectivity index (χ1) is 11.2. The fraction of sp³-hybridized carbons (Fsp3) is 0.688. The van der Waals surface area contributed by atoms with Crippen molar-refractivity contribution in [2.45, 2.75) is 51.9 Å². The zero-order valence-electron chi connectivity index (χ0n) is 14.5. The monoisotopic (exact) mass is 355 g/mol. The van der Waals surface area contributed by atoms with Crippen molar-refractivity contribution in [3.05, 3.63) is 23.0 Å². The van der Waals surface area contributed by atoms with Crippen molar-refractivity contribution in [3.63, 3.8) is 0 Å². The van der Waals surface area contributed by atoms with Crippen LogP contribution in [0, 0.1) is 19.8 Å². The van der Waals surface area contributed by atoms with Crippen LogP contribution in [0.1, 0.15) is 35.1 Å². The molecule has 134 valence electrons. The van der Waals surface area contributed by atoms with E-state index in [0.29, 0.717) is 12.2 Å². The minimum absolute atomic E-state index is 0.145. The van der Waals surface area contributed by atoms with Gasteiger partial charge in [0.25, 0.3) is 5.91 Å². The van der Waals surface area contributed by atoms with Gasteiger partial charge >= 0.3 is 0 Å². The van der Waals surface area contributed by atoms with Gasteiger partial charge in [-0.25, -0.2) is 13.1 Å². The van der Waals surface area contributed by atoms with Crippen LogP contribution in [0.4, 0.5) is 0 Å². The molecule has 24 heavy (non-hydrogen) atoms. The lowest BCUT2D eigenvalue weighted by atomic mass is 9.72. The Hall–Kier alpha value is -1.38. The third kappa shape index (κ3) is 2.98. The summed E-state index contributed by atoms with van der Waals surface area (Å²) in [7, 11) is -3.36. The molecule has 8 heteroatoms. The number of carbonyl (C=O) groups is 1. The molecule has 0 radical (unpaired) electrons. The molecule has 4 atom stereocenters. The Morgan fingerprint density at radius 3 is 2.67 bits per heavy atom. The molecule has 1 aliphatic carbocycles. The van der Waals surface area contributed by atoms with Gasteiger partial charge in [0.15, 0.2) is 0 Å². The average molecular weight is 355 g/mol. The summed E-state index contributed by atoms with van der Waals surface area (Å²) in [5, 5.41) is 3.02. The van der Waals surface area contributed by atoms with Crippen LogP contribution in [0.15, 0.2) is 6.07 Å². The molecule has 2 aliphatic rings. The molecule has 1 aromatic heterocycles. The standard InChI is InChI=1S/C16H25N3O4S/c1-5-19-9(2)8-12(10(19)3)16(20)17-13-11-6-7-23-15(11)14(13)18-24(4,21)22/h8,11,13-15,18H,5-7H2,1-4H3,(H,17,20)/t11-,13+,14-,15-/m1/s1. The predicted octanol–water partition coefficient (Wildman–Crippen LogP) is 0.560. The number of aromatic nitrogens is 1. The number of ether oxygens (including phenoxy) is 1. The quantitative estimate of drug-likeness (QED) is 0.808. The Balaban J connectivity index is 1.77. The SMILES string of the molecule is CCn1c(C)cc(C(=O)N[C@H]2[C@H]3CCO[C@H]3[C@@H]2NS(C)(=O)=O)c1C. The number of rotatable bonds is 5. The summed E-state index contributed by atoms with van der Waals surface area (Å²) >= 11 is 0. The number of amides is 1. The molecular formula is C16H25N3O4S. The number of sulfonamides is 1. The van der Waals surface area contributed by atoms with Crippen molar-refractivity contribution >= 4 is 15.9 Å². The van der Waals surface area contributed by atoms with Crippen LogP contribution in [0.3, 0.4) is 0 Å². The first-order valence-electron chi connectivity index (χ1n) is 8.29. The van der Waals surface area contributed by atoms with Gasteiger partial charge in [-0.3, -0.25) is 4.79 Å². The molecule has 2 N–H and O–H groups in total. The largest absolute Gasteiger partial charge is 0.376 e. The van der Waals surface area contributed by atoms with Gasteiger partial charge in [-0.05, 0) is 33.3 Å². The summed E-state index contributed by atoms with van der Waals surface area (Å²) in [6.45, 7) is 7.37. The number of nitrogens with one attached hydrogen (secondary N) is 2. The lowest BCUT2D eigenvalue weighted by molar-refractivity contribution is -0.0194. The van der Waals surface area contributed by atoms with Crippen LogP contribution in [0.5, 0.6) is 0 Å². The van der Waals surface area contributed by atoms with Crippen molar-refractivity contribution in [2.24, 2.45) is 5.92 Å². The van der Waals surface area contributed by atoms with E-state index in [0.717, 1.165) is 30.6 Å². The number of hydrogen-bond acceptors (Lipinski definition) is 4. The minimum Gasteiger partial charge on any atom is -0.376 e. The van der Waals surface area contributed by atoms with Gasteiger partial charge in [0, 0.05) is 30.5 Å². The van der Waals surface area contributed by atoms with Gasteiger partial charge in [0.2, 0.25) is 10.0 Å².